The summed E-state index contributed by atoms with van der Waals surface area (Å²) in [6.45, 7) is 0.644. The highest BCUT2D eigenvalue weighted by molar-refractivity contribution is 7.90. The average Bonchev–Trinajstić information content (AvgIpc) is 2.60. The molecule has 0 amide bonds. The minimum Gasteiger partial charge on any atom is -0.308 e. The van der Waals surface area contributed by atoms with Crippen molar-refractivity contribution in [3.8, 4) is 0 Å². The quantitative estimate of drug-likeness (QED) is 0.737. The Morgan fingerprint density at radius 1 is 1.00 bits per heavy atom. The first-order valence-electron chi connectivity index (χ1n) is 7.98. The van der Waals surface area contributed by atoms with Crippen molar-refractivity contribution >= 4 is 20.7 Å². The zero-order valence-electron chi connectivity index (χ0n) is 13.1. The second-order valence-corrected chi connectivity index (χ2v) is 8.15. The van der Waals surface area contributed by atoms with Gasteiger partial charge in [0.15, 0.2) is 9.84 Å². The Morgan fingerprint density at radius 3 is 2.58 bits per heavy atom. The summed E-state index contributed by atoms with van der Waals surface area (Å²) in [7, 11) is -3.53. The van der Waals surface area contributed by atoms with Gasteiger partial charge in [0.25, 0.3) is 5.56 Å². The lowest BCUT2D eigenvalue weighted by atomic mass is 10.0. The third-order valence-corrected chi connectivity index (χ3v) is 6.23. The number of aromatic nitrogens is 1. The summed E-state index contributed by atoms with van der Waals surface area (Å²) in [4.78, 5) is 13.1. The molecule has 0 unspecified atom stereocenters. The topological polar surface area (TPSA) is 56.1 Å². The molecule has 0 atom stereocenters. The van der Waals surface area contributed by atoms with E-state index >= 15 is 0 Å². The Labute approximate surface area is 140 Å². The molecule has 1 aromatic heterocycles. The number of aryl methyl sites for hydroxylation is 2. The Kier molecular flexibility index (Phi) is 3.53. The molecule has 0 bridgehead atoms. The van der Waals surface area contributed by atoms with Gasteiger partial charge in [-0.1, -0.05) is 36.4 Å². The van der Waals surface area contributed by atoms with E-state index in [1.165, 1.54) is 0 Å². The number of nitrogens with zero attached hydrogens (tertiary/aromatic N) is 1. The van der Waals surface area contributed by atoms with E-state index in [9.17, 15) is 13.2 Å². The Morgan fingerprint density at radius 2 is 1.79 bits per heavy atom. The SMILES string of the molecule is O=c1c(CS(=O)(=O)c2ccccc2)cc2cccc3c2n1CCC3. The van der Waals surface area contributed by atoms with Gasteiger partial charge >= 0.3 is 0 Å². The number of hydrogen-bond donors (Lipinski definition) is 0. The Bertz CT molecular complexity index is 1080. The number of pyridine rings is 1. The van der Waals surface area contributed by atoms with E-state index in [0.29, 0.717) is 12.1 Å². The molecular formula is C19H17NO3S. The molecule has 3 aromatic rings. The highest BCUT2D eigenvalue weighted by Gasteiger charge is 2.21. The molecule has 4 rings (SSSR count). The van der Waals surface area contributed by atoms with Crippen molar-refractivity contribution in [2.45, 2.75) is 30.0 Å². The van der Waals surface area contributed by atoms with Crippen LogP contribution in [0.2, 0.25) is 0 Å². The van der Waals surface area contributed by atoms with Crippen molar-refractivity contribution in [3.05, 3.63) is 76.1 Å². The van der Waals surface area contributed by atoms with Gasteiger partial charge in [-0.05, 0) is 42.0 Å². The van der Waals surface area contributed by atoms with Gasteiger partial charge in [0.1, 0.15) is 0 Å². The van der Waals surface area contributed by atoms with Gasteiger partial charge in [-0.15, -0.1) is 0 Å². The molecule has 0 fully saturated rings. The predicted octanol–water partition coefficient (Wildman–Crippen LogP) is 2.92. The van der Waals surface area contributed by atoms with E-state index in [1.807, 2.05) is 18.2 Å². The summed E-state index contributed by atoms with van der Waals surface area (Å²) >= 11 is 0. The maximum absolute atomic E-state index is 12.8. The molecule has 0 aliphatic carbocycles. The van der Waals surface area contributed by atoms with Crippen molar-refractivity contribution in [2.24, 2.45) is 0 Å². The first kappa shape index (κ1) is 15.1. The summed E-state index contributed by atoms with van der Waals surface area (Å²) in [5.74, 6) is -0.268. The van der Waals surface area contributed by atoms with Crippen molar-refractivity contribution in [1.29, 1.82) is 0 Å². The normalized spacial score (nSPS) is 14.0. The standard InChI is InChI=1S/C19H17NO3S/c21-19-16(13-24(22,23)17-9-2-1-3-10-17)12-15-7-4-6-14-8-5-11-20(19)18(14)15/h1-4,6-7,9-10,12H,5,8,11,13H2. The summed E-state index contributed by atoms with van der Waals surface area (Å²) in [5.41, 5.74) is 2.27. The molecule has 0 N–H and O–H groups in total. The second kappa shape index (κ2) is 5.60. The lowest BCUT2D eigenvalue weighted by Gasteiger charge is -2.20. The largest absolute Gasteiger partial charge is 0.308 e. The number of hydrogen-bond acceptors (Lipinski definition) is 3. The molecule has 0 spiro atoms. The van der Waals surface area contributed by atoms with Gasteiger partial charge in [0, 0.05) is 12.1 Å². The zero-order chi connectivity index (χ0) is 16.7. The fraction of sp³-hybridized carbons (Fsp3) is 0.211. The molecule has 2 aromatic carbocycles. The zero-order valence-corrected chi connectivity index (χ0v) is 13.9. The summed E-state index contributed by atoms with van der Waals surface area (Å²) in [5, 5.41) is 0.935. The maximum atomic E-state index is 12.8. The average molecular weight is 339 g/mol. The van der Waals surface area contributed by atoms with E-state index in [-0.39, 0.29) is 16.2 Å². The first-order valence-corrected chi connectivity index (χ1v) is 9.64. The van der Waals surface area contributed by atoms with Crippen LogP contribution in [-0.2, 0) is 28.6 Å². The van der Waals surface area contributed by atoms with Crippen molar-refractivity contribution in [2.75, 3.05) is 0 Å². The van der Waals surface area contributed by atoms with Crippen LogP contribution in [0, 0.1) is 0 Å². The smallest absolute Gasteiger partial charge is 0.255 e. The highest BCUT2D eigenvalue weighted by atomic mass is 32.2. The molecule has 1 aliphatic heterocycles. The highest BCUT2D eigenvalue weighted by Crippen LogP contribution is 2.25. The summed E-state index contributed by atoms with van der Waals surface area (Å²) in [6.07, 6.45) is 1.86. The maximum Gasteiger partial charge on any atom is 0.255 e. The predicted molar refractivity (Wildman–Crippen MR) is 93.9 cm³/mol. The van der Waals surface area contributed by atoms with Gasteiger partial charge in [-0.25, -0.2) is 8.42 Å². The minimum atomic E-state index is -3.53. The molecule has 24 heavy (non-hydrogen) atoms. The molecule has 5 heteroatoms. The van der Waals surface area contributed by atoms with Gasteiger partial charge in [-0.3, -0.25) is 4.79 Å². The molecular weight excluding hydrogens is 322 g/mol. The van der Waals surface area contributed by atoms with Crippen molar-refractivity contribution < 1.29 is 8.42 Å². The third-order valence-electron chi connectivity index (χ3n) is 4.55. The van der Waals surface area contributed by atoms with Crippen molar-refractivity contribution in [1.82, 2.24) is 4.57 Å². The first-order chi connectivity index (χ1) is 11.6. The van der Waals surface area contributed by atoms with Gasteiger partial charge < -0.3 is 4.57 Å². The van der Waals surface area contributed by atoms with Crippen LogP contribution >= 0.6 is 0 Å². The monoisotopic (exact) mass is 339 g/mol. The number of rotatable bonds is 3. The van der Waals surface area contributed by atoms with E-state index in [0.717, 1.165) is 29.3 Å². The number of benzene rings is 2. The molecule has 0 saturated carbocycles. The number of para-hydroxylation sites is 1. The van der Waals surface area contributed by atoms with Crippen LogP contribution < -0.4 is 5.56 Å². The van der Waals surface area contributed by atoms with Crippen LogP contribution in [0.3, 0.4) is 0 Å². The van der Waals surface area contributed by atoms with Gasteiger partial charge in [-0.2, -0.15) is 0 Å². The second-order valence-electron chi connectivity index (χ2n) is 6.16. The molecule has 4 nitrogen and oxygen atoms in total. The fourth-order valence-corrected chi connectivity index (χ4v) is 4.80. The van der Waals surface area contributed by atoms with Crippen molar-refractivity contribution in [3.63, 3.8) is 0 Å². The van der Waals surface area contributed by atoms with Crippen LogP contribution in [0.5, 0.6) is 0 Å². The summed E-state index contributed by atoms with van der Waals surface area (Å²) < 4.78 is 27.0. The minimum absolute atomic E-state index is 0.186. The molecule has 2 heterocycles. The number of sulfone groups is 1. The lowest BCUT2D eigenvalue weighted by Crippen LogP contribution is -2.28. The van der Waals surface area contributed by atoms with Crippen LogP contribution in [0.15, 0.2) is 64.3 Å². The van der Waals surface area contributed by atoms with Crippen LogP contribution in [-0.4, -0.2) is 13.0 Å². The fourth-order valence-electron chi connectivity index (χ4n) is 3.44. The molecule has 122 valence electrons. The van der Waals surface area contributed by atoms with E-state index in [1.54, 1.807) is 41.0 Å². The van der Waals surface area contributed by atoms with Gasteiger partial charge in [0.2, 0.25) is 0 Å². The molecule has 0 saturated heterocycles. The van der Waals surface area contributed by atoms with Gasteiger partial charge in [0.05, 0.1) is 16.2 Å². The van der Waals surface area contributed by atoms with E-state index < -0.39 is 9.84 Å². The van der Waals surface area contributed by atoms with Crippen LogP contribution in [0.25, 0.3) is 10.9 Å². The molecule has 0 radical (unpaired) electrons. The van der Waals surface area contributed by atoms with E-state index in [4.69, 9.17) is 0 Å². The Balaban J connectivity index is 1.87. The third kappa shape index (κ3) is 2.45. The lowest BCUT2D eigenvalue weighted by molar-refractivity contribution is 0.592. The van der Waals surface area contributed by atoms with Crippen LogP contribution in [0.1, 0.15) is 17.5 Å². The summed E-state index contributed by atoms with van der Waals surface area (Å²) in [6, 6.07) is 16.0. The molecule has 1 aliphatic rings. The van der Waals surface area contributed by atoms with Crippen LogP contribution in [0.4, 0.5) is 0 Å². The van der Waals surface area contributed by atoms with E-state index in [2.05, 4.69) is 0 Å². The Hall–Kier alpha value is -2.40.